The van der Waals surface area contributed by atoms with Crippen LogP contribution in [0.1, 0.15) is 18.3 Å². The zero-order chi connectivity index (χ0) is 14.0. The van der Waals surface area contributed by atoms with Gasteiger partial charge in [-0.2, -0.15) is 0 Å². The second-order valence-corrected chi connectivity index (χ2v) is 6.07. The van der Waals surface area contributed by atoms with E-state index in [4.69, 9.17) is 17.3 Å². The minimum Gasteiger partial charge on any atom is -0.328 e. The van der Waals surface area contributed by atoms with Crippen LogP contribution in [0.3, 0.4) is 0 Å². The maximum atomic E-state index is 6.08. The molecule has 0 aliphatic rings. The van der Waals surface area contributed by atoms with E-state index in [0.717, 1.165) is 27.3 Å². The molecule has 2 rings (SSSR count). The van der Waals surface area contributed by atoms with Crippen molar-refractivity contribution in [1.29, 1.82) is 0 Å². The molecule has 19 heavy (non-hydrogen) atoms. The van der Waals surface area contributed by atoms with Gasteiger partial charge in [0.25, 0.3) is 0 Å². The molecule has 1 aromatic heterocycles. The summed E-state index contributed by atoms with van der Waals surface area (Å²) in [6, 6.07) is 5.98. The second-order valence-electron chi connectivity index (χ2n) is 4.62. The highest BCUT2D eigenvalue weighted by Crippen LogP contribution is 2.32. The Morgan fingerprint density at radius 3 is 2.74 bits per heavy atom. The Morgan fingerprint density at radius 2 is 2.16 bits per heavy atom. The quantitative estimate of drug-likeness (QED) is 0.942. The number of halogens is 1. The van der Waals surface area contributed by atoms with Crippen LogP contribution >= 0.6 is 23.4 Å². The van der Waals surface area contributed by atoms with Gasteiger partial charge >= 0.3 is 0 Å². The molecule has 0 radical (unpaired) electrons. The van der Waals surface area contributed by atoms with E-state index in [-0.39, 0.29) is 6.04 Å². The van der Waals surface area contributed by atoms with Gasteiger partial charge in [-0.05, 0) is 49.7 Å². The first-order valence-corrected chi connectivity index (χ1v) is 7.24. The Balaban J connectivity index is 2.32. The molecular weight excluding hydrogens is 280 g/mol. The Hall–Kier alpha value is -1.04. The van der Waals surface area contributed by atoms with E-state index in [2.05, 4.69) is 10.2 Å². The molecule has 0 fully saturated rings. The molecule has 0 saturated heterocycles. The number of aryl methyl sites for hydroxylation is 1. The van der Waals surface area contributed by atoms with Crippen molar-refractivity contribution in [3.05, 3.63) is 34.6 Å². The van der Waals surface area contributed by atoms with Crippen LogP contribution in [0.25, 0.3) is 0 Å². The van der Waals surface area contributed by atoms with Crippen molar-refractivity contribution in [2.24, 2.45) is 12.8 Å². The van der Waals surface area contributed by atoms with Gasteiger partial charge in [-0.1, -0.05) is 17.7 Å². The van der Waals surface area contributed by atoms with Crippen LogP contribution in [-0.2, 0) is 13.5 Å². The van der Waals surface area contributed by atoms with E-state index in [1.807, 2.05) is 43.7 Å². The Morgan fingerprint density at radius 1 is 1.42 bits per heavy atom. The third kappa shape index (κ3) is 3.49. The van der Waals surface area contributed by atoms with Crippen molar-refractivity contribution in [2.45, 2.75) is 36.4 Å². The molecule has 0 aliphatic heterocycles. The molecule has 1 heterocycles. The molecule has 0 spiro atoms. The maximum Gasteiger partial charge on any atom is 0.195 e. The van der Waals surface area contributed by atoms with Gasteiger partial charge in [0.05, 0.1) is 0 Å². The van der Waals surface area contributed by atoms with E-state index < -0.39 is 0 Å². The normalized spacial score (nSPS) is 12.7. The van der Waals surface area contributed by atoms with Crippen LogP contribution in [0.4, 0.5) is 0 Å². The predicted molar refractivity (Wildman–Crippen MR) is 78.7 cm³/mol. The fourth-order valence-corrected chi connectivity index (χ4v) is 2.97. The molecule has 0 aliphatic carbocycles. The first kappa shape index (κ1) is 14.4. The van der Waals surface area contributed by atoms with Crippen molar-refractivity contribution in [2.75, 3.05) is 0 Å². The molecule has 1 atom stereocenters. The Bertz CT molecular complexity index is 580. The lowest BCUT2D eigenvalue weighted by Crippen LogP contribution is -2.18. The minimum atomic E-state index is 0.113. The molecule has 2 aromatic rings. The van der Waals surface area contributed by atoms with Gasteiger partial charge in [0.2, 0.25) is 0 Å². The highest BCUT2D eigenvalue weighted by atomic mass is 35.5. The summed E-state index contributed by atoms with van der Waals surface area (Å²) in [5.41, 5.74) is 7.07. The van der Waals surface area contributed by atoms with Crippen molar-refractivity contribution in [3.63, 3.8) is 0 Å². The molecule has 0 bridgehead atoms. The van der Waals surface area contributed by atoms with Crippen LogP contribution in [0, 0.1) is 6.92 Å². The summed E-state index contributed by atoms with van der Waals surface area (Å²) >= 11 is 7.64. The molecule has 4 nitrogen and oxygen atoms in total. The lowest BCUT2D eigenvalue weighted by Gasteiger charge is -2.11. The second kappa shape index (κ2) is 5.94. The van der Waals surface area contributed by atoms with E-state index >= 15 is 0 Å². The summed E-state index contributed by atoms with van der Waals surface area (Å²) in [5.74, 6) is 0.887. The highest BCUT2D eigenvalue weighted by molar-refractivity contribution is 7.99. The lowest BCUT2D eigenvalue weighted by molar-refractivity contribution is 0.728. The molecule has 6 heteroatoms. The van der Waals surface area contributed by atoms with Crippen molar-refractivity contribution in [1.82, 2.24) is 14.8 Å². The summed E-state index contributed by atoms with van der Waals surface area (Å²) in [6.07, 6.45) is 0.816. The SMILES string of the molecule is Cc1nnc(Sc2cc(Cl)ccc2CC(C)N)n1C. The number of hydrogen-bond acceptors (Lipinski definition) is 4. The van der Waals surface area contributed by atoms with Crippen molar-refractivity contribution < 1.29 is 0 Å². The van der Waals surface area contributed by atoms with Crippen molar-refractivity contribution in [3.8, 4) is 0 Å². The largest absolute Gasteiger partial charge is 0.328 e. The highest BCUT2D eigenvalue weighted by Gasteiger charge is 2.12. The lowest BCUT2D eigenvalue weighted by atomic mass is 10.1. The molecule has 1 unspecified atom stereocenters. The summed E-state index contributed by atoms with van der Waals surface area (Å²) in [7, 11) is 1.95. The Kier molecular flexibility index (Phi) is 4.50. The topological polar surface area (TPSA) is 56.7 Å². The predicted octanol–water partition coefficient (Wildman–Crippen LogP) is 2.82. The molecule has 2 N–H and O–H groups in total. The van der Waals surface area contributed by atoms with Gasteiger partial charge in [0, 0.05) is 23.0 Å². The standard InChI is InChI=1S/C13H17ClN4S/c1-8(15)6-10-4-5-11(14)7-12(10)19-13-17-16-9(2)18(13)3/h4-5,7-8H,6,15H2,1-3H3. The van der Waals surface area contributed by atoms with Crippen LogP contribution in [0.15, 0.2) is 28.3 Å². The third-order valence-corrected chi connectivity index (χ3v) is 4.20. The fraction of sp³-hybridized carbons (Fsp3) is 0.385. The fourth-order valence-electron chi connectivity index (χ4n) is 1.71. The van der Waals surface area contributed by atoms with Gasteiger partial charge in [0.1, 0.15) is 5.82 Å². The van der Waals surface area contributed by atoms with E-state index in [9.17, 15) is 0 Å². The van der Waals surface area contributed by atoms with E-state index in [1.165, 1.54) is 5.56 Å². The summed E-state index contributed by atoms with van der Waals surface area (Å²) in [4.78, 5) is 1.08. The Labute approximate surface area is 122 Å². The number of benzene rings is 1. The molecule has 1 aromatic carbocycles. The molecule has 0 amide bonds. The minimum absolute atomic E-state index is 0.113. The molecule has 0 saturated carbocycles. The summed E-state index contributed by atoms with van der Waals surface area (Å²) in [5, 5.41) is 9.79. The zero-order valence-electron chi connectivity index (χ0n) is 11.2. The number of nitrogens with zero attached hydrogens (tertiary/aromatic N) is 3. The summed E-state index contributed by atoms with van der Waals surface area (Å²) < 4.78 is 1.96. The van der Waals surface area contributed by atoms with Crippen LogP contribution in [0.2, 0.25) is 5.02 Å². The van der Waals surface area contributed by atoms with Crippen molar-refractivity contribution >= 4 is 23.4 Å². The van der Waals surface area contributed by atoms with Crippen LogP contribution < -0.4 is 5.73 Å². The van der Waals surface area contributed by atoms with Gasteiger partial charge in [0.15, 0.2) is 5.16 Å². The van der Waals surface area contributed by atoms with E-state index in [1.54, 1.807) is 11.8 Å². The third-order valence-electron chi connectivity index (χ3n) is 2.82. The smallest absolute Gasteiger partial charge is 0.195 e. The van der Waals surface area contributed by atoms with Gasteiger partial charge in [-0.3, -0.25) is 0 Å². The number of aromatic nitrogens is 3. The van der Waals surface area contributed by atoms with Crippen LogP contribution in [0.5, 0.6) is 0 Å². The maximum absolute atomic E-state index is 6.08. The number of rotatable bonds is 4. The average molecular weight is 297 g/mol. The first-order valence-electron chi connectivity index (χ1n) is 6.05. The van der Waals surface area contributed by atoms with Gasteiger partial charge in [-0.15, -0.1) is 10.2 Å². The van der Waals surface area contributed by atoms with Gasteiger partial charge in [-0.25, -0.2) is 0 Å². The molecule has 102 valence electrons. The van der Waals surface area contributed by atoms with Gasteiger partial charge < -0.3 is 10.3 Å². The first-order chi connectivity index (χ1) is 8.97. The molecular formula is C13H17ClN4S. The average Bonchev–Trinajstić information content (AvgIpc) is 2.64. The zero-order valence-corrected chi connectivity index (χ0v) is 12.8. The number of hydrogen-bond donors (Lipinski definition) is 1. The monoisotopic (exact) mass is 296 g/mol. The van der Waals surface area contributed by atoms with E-state index in [0.29, 0.717) is 0 Å². The number of nitrogens with two attached hydrogens (primary N) is 1. The summed E-state index contributed by atoms with van der Waals surface area (Å²) in [6.45, 7) is 3.92. The van der Waals surface area contributed by atoms with Crippen LogP contribution in [-0.4, -0.2) is 20.8 Å².